The number of aryl methyl sites for hydroxylation is 1. The zero-order valence-electron chi connectivity index (χ0n) is 18.3. The Balaban J connectivity index is 1.48. The fourth-order valence-corrected chi connectivity index (χ4v) is 5.45. The second-order valence-corrected chi connectivity index (χ2v) is 9.78. The van der Waals surface area contributed by atoms with E-state index in [9.17, 15) is 4.79 Å². The van der Waals surface area contributed by atoms with Crippen molar-refractivity contribution >= 4 is 33.1 Å². The smallest absolute Gasteiger partial charge is 0.241 e. The Hall–Kier alpha value is -2.24. The minimum absolute atomic E-state index is 0.0798. The number of nitrogens with zero attached hydrogens (tertiary/aromatic N) is 2. The van der Waals surface area contributed by atoms with Crippen LogP contribution in [0.4, 0.5) is 5.69 Å². The minimum atomic E-state index is -0.165. The highest BCUT2D eigenvalue weighted by molar-refractivity contribution is 7.18. The van der Waals surface area contributed by atoms with Gasteiger partial charge in [-0.2, -0.15) is 0 Å². The molecule has 0 unspecified atom stereocenters. The second kappa shape index (κ2) is 8.86. The predicted octanol–water partition coefficient (Wildman–Crippen LogP) is 5.93. The number of aromatic nitrogens is 1. The number of anilines is 1. The number of nitrogens with one attached hydrogen (secondary N) is 1. The number of rotatable bonds is 5. The molecule has 1 fully saturated rings. The quantitative estimate of drug-likeness (QED) is 0.555. The summed E-state index contributed by atoms with van der Waals surface area (Å²) in [5.41, 5.74) is 4.37. The van der Waals surface area contributed by atoms with Crippen LogP contribution in [0.2, 0.25) is 0 Å². The van der Waals surface area contributed by atoms with Gasteiger partial charge in [-0.15, -0.1) is 11.3 Å². The summed E-state index contributed by atoms with van der Waals surface area (Å²) in [7, 11) is 0. The van der Waals surface area contributed by atoms with Crippen molar-refractivity contribution in [1.29, 1.82) is 0 Å². The van der Waals surface area contributed by atoms with Gasteiger partial charge in [-0.1, -0.05) is 44.2 Å². The molecule has 0 spiro atoms. The van der Waals surface area contributed by atoms with Crippen molar-refractivity contribution in [1.82, 2.24) is 9.88 Å². The lowest BCUT2D eigenvalue weighted by atomic mass is 9.96. The summed E-state index contributed by atoms with van der Waals surface area (Å²) < 4.78 is 1.25. The van der Waals surface area contributed by atoms with Crippen molar-refractivity contribution in [3.8, 4) is 0 Å². The molecule has 0 saturated carbocycles. The van der Waals surface area contributed by atoms with Gasteiger partial charge in [0.05, 0.1) is 21.3 Å². The number of hydrogen-bond acceptors (Lipinski definition) is 4. The summed E-state index contributed by atoms with van der Waals surface area (Å²) in [5, 5.41) is 4.44. The van der Waals surface area contributed by atoms with Crippen molar-refractivity contribution in [3.05, 3.63) is 58.6 Å². The molecule has 2 aromatic carbocycles. The molecule has 4 rings (SSSR count). The molecule has 3 aromatic rings. The maximum absolute atomic E-state index is 13.2. The molecule has 4 nitrogen and oxygen atoms in total. The number of thiazole rings is 1. The van der Waals surface area contributed by atoms with E-state index in [4.69, 9.17) is 4.98 Å². The van der Waals surface area contributed by atoms with Gasteiger partial charge in [0.25, 0.3) is 0 Å². The lowest BCUT2D eigenvalue weighted by Crippen LogP contribution is -2.46. The Morgan fingerprint density at radius 2 is 1.97 bits per heavy atom. The number of piperidine rings is 1. The fraction of sp³-hybridized carbons (Fsp3) is 0.440. The molecule has 5 heteroatoms. The van der Waals surface area contributed by atoms with Crippen LogP contribution in [0.3, 0.4) is 0 Å². The molecule has 0 bridgehead atoms. The number of likely N-dealkylation sites (tertiary alicyclic amines) is 1. The summed E-state index contributed by atoms with van der Waals surface area (Å²) in [6.45, 7) is 10.3. The van der Waals surface area contributed by atoms with E-state index in [1.54, 1.807) is 11.3 Å². The van der Waals surface area contributed by atoms with E-state index in [-0.39, 0.29) is 11.9 Å². The van der Waals surface area contributed by atoms with E-state index in [1.165, 1.54) is 15.3 Å². The SMILES string of the molecule is Cc1cccc(C(C)C)c1NC(=O)[C@@H](C)N1CCC[C@H](c2nc3ccccc3s2)C1. The number of carbonyl (C=O) groups is 1. The number of amides is 1. The molecule has 2 atom stereocenters. The third-order valence-corrected chi connectivity index (χ3v) is 7.41. The van der Waals surface area contributed by atoms with E-state index in [2.05, 4.69) is 67.4 Å². The molecule has 1 saturated heterocycles. The summed E-state index contributed by atoms with van der Waals surface area (Å²) in [6, 6.07) is 14.4. The van der Waals surface area contributed by atoms with E-state index >= 15 is 0 Å². The molecule has 2 heterocycles. The Morgan fingerprint density at radius 3 is 2.73 bits per heavy atom. The summed E-state index contributed by atoms with van der Waals surface area (Å²) in [6.07, 6.45) is 2.24. The van der Waals surface area contributed by atoms with Gasteiger partial charge in [0.15, 0.2) is 0 Å². The molecule has 158 valence electrons. The second-order valence-electron chi connectivity index (χ2n) is 8.71. The van der Waals surface area contributed by atoms with E-state index in [1.807, 2.05) is 13.0 Å². The van der Waals surface area contributed by atoms with E-state index in [0.29, 0.717) is 11.8 Å². The number of para-hydroxylation sites is 2. The molecular weight excluding hydrogens is 390 g/mol. The van der Waals surface area contributed by atoms with Gasteiger partial charge in [-0.25, -0.2) is 4.98 Å². The Bertz CT molecular complexity index is 1010. The first-order chi connectivity index (χ1) is 14.4. The van der Waals surface area contributed by atoms with Crippen molar-refractivity contribution in [2.75, 3.05) is 18.4 Å². The van der Waals surface area contributed by atoms with Crippen LogP contribution in [0.15, 0.2) is 42.5 Å². The summed E-state index contributed by atoms with van der Waals surface area (Å²) in [4.78, 5) is 20.4. The highest BCUT2D eigenvalue weighted by atomic mass is 32.1. The third-order valence-electron chi connectivity index (χ3n) is 6.21. The average Bonchev–Trinajstić information content (AvgIpc) is 3.19. The third kappa shape index (κ3) is 4.28. The van der Waals surface area contributed by atoms with Gasteiger partial charge in [-0.3, -0.25) is 9.69 Å². The number of fused-ring (bicyclic) bond motifs is 1. The van der Waals surface area contributed by atoms with Crippen LogP contribution in [-0.4, -0.2) is 34.9 Å². The van der Waals surface area contributed by atoms with Crippen molar-refractivity contribution < 1.29 is 4.79 Å². The number of hydrogen-bond donors (Lipinski definition) is 1. The molecule has 30 heavy (non-hydrogen) atoms. The van der Waals surface area contributed by atoms with Gasteiger partial charge in [-0.05, 0) is 62.4 Å². The van der Waals surface area contributed by atoms with Gasteiger partial charge in [0.1, 0.15) is 0 Å². The van der Waals surface area contributed by atoms with Crippen LogP contribution in [0.1, 0.15) is 61.6 Å². The summed E-state index contributed by atoms with van der Waals surface area (Å²) >= 11 is 1.80. The number of carbonyl (C=O) groups excluding carboxylic acids is 1. The molecular formula is C25H31N3OS. The average molecular weight is 422 g/mol. The Kier molecular flexibility index (Phi) is 6.21. The first-order valence-corrected chi connectivity index (χ1v) is 11.8. The molecule has 1 N–H and O–H groups in total. The van der Waals surface area contributed by atoms with Crippen molar-refractivity contribution in [2.24, 2.45) is 0 Å². The van der Waals surface area contributed by atoms with Gasteiger partial charge in [0.2, 0.25) is 5.91 Å². The van der Waals surface area contributed by atoms with Crippen molar-refractivity contribution in [2.45, 2.75) is 58.4 Å². The Morgan fingerprint density at radius 1 is 1.17 bits per heavy atom. The van der Waals surface area contributed by atoms with E-state index < -0.39 is 0 Å². The topological polar surface area (TPSA) is 45.2 Å². The summed E-state index contributed by atoms with van der Waals surface area (Å²) in [5.74, 6) is 0.848. The largest absolute Gasteiger partial charge is 0.324 e. The first-order valence-electron chi connectivity index (χ1n) is 10.9. The van der Waals surface area contributed by atoms with Crippen molar-refractivity contribution in [3.63, 3.8) is 0 Å². The lowest BCUT2D eigenvalue weighted by molar-refractivity contribution is -0.121. The zero-order valence-corrected chi connectivity index (χ0v) is 19.1. The van der Waals surface area contributed by atoms with Gasteiger partial charge in [0, 0.05) is 18.2 Å². The molecule has 0 radical (unpaired) electrons. The van der Waals surface area contributed by atoms with Gasteiger partial charge < -0.3 is 5.32 Å². The molecule has 1 amide bonds. The fourth-order valence-electron chi connectivity index (χ4n) is 4.36. The lowest BCUT2D eigenvalue weighted by Gasteiger charge is -2.35. The van der Waals surface area contributed by atoms with E-state index in [0.717, 1.165) is 42.7 Å². The van der Waals surface area contributed by atoms with Crippen LogP contribution in [0, 0.1) is 6.92 Å². The minimum Gasteiger partial charge on any atom is -0.324 e. The van der Waals surface area contributed by atoms with Crippen LogP contribution in [0.5, 0.6) is 0 Å². The zero-order chi connectivity index (χ0) is 21.3. The molecule has 1 aliphatic heterocycles. The normalized spacial score (nSPS) is 18.6. The van der Waals surface area contributed by atoms with Crippen LogP contribution in [-0.2, 0) is 4.79 Å². The predicted molar refractivity (Wildman–Crippen MR) is 127 cm³/mol. The van der Waals surface area contributed by atoms with Crippen LogP contribution < -0.4 is 5.32 Å². The molecule has 1 aliphatic rings. The standard InChI is InChI=1S/C25H31N3OS/c1-16(2)20-11-7-9-17(3)23(20)27-24(29)18(4)28-14-8-10-19(15-28)25-26-21-12-5-6-13-22(21)30-25/h5-7,9,11-13,16,18-19H,8,10,14-15H2,1-4H3,(H,27,29)/t18-,19+/m1/s1. The molecule has 0 aliphatic carbocycles. The monoisotopic (exact) mass is 421 g/mol. The first kappa shape index (κ1) is 21.0. The highest BCUT2D eigenvalue weighted by Crippen LogP contribution is 2.34. The number of benzene rings is 2. The maximum atomic E-state index is 13.2. The highest BCUT2D eigenvalue weighted by Gasteiger charge is 2.30. The van der Waals surface area contributed by atoms with Crippen LogP contribution >= 0.6 is 11.3 Å². The molecule has 1 aromatic heterocycles. The van der Waals surface area contributed by atoms with Gasteiger partial charge >= 0.3 is 0 Å². The maximum Gasteiger partial charge on any atom is 0.241 e. The Labute approximate surface area is 183 Å². The van der Waals surface area contributed by atoms with Crippen LogP contribution in [0.25, 0.3) is 10.2 Å².